The summed E-state index contributed by atoms with van der Waals surface area (Å²) in [6, 6.07) is 3.47. The van der Waals surface area contributed by atoms with Crippen LogP contribution < -0.4 is 0 Å². The highest BCUT2D eigenvalue weighted by molar-refractivity contribution is 9.11. The molecule has 1 unspecified atom stereocenters. The largest absolute Gasteiger partial charge is 0.244 e. The highest BCUT2D eigenvalue weighted by Crippen LogP contribution is 2.33. The smallest absolute Gasteiger partial charge is 0.207 e. The Morgan fingerprint density at radius 2 is 2.05 bits per heavy atom. The number of sulfonamides is 1. The number of halogens is 3. The third-order valence-corrected chi connectivity index (χ3v) is 7.41. The Bertz CT molecular complexity index is 592. The van der Waals surface area contributed by atoms with Crippen LogP contribution in [-0.4, -0.2) is 31.7 Å². The Kier molecular flexibility index (Phi) is 4.99. The van der Waals surface area contributed by atoms with E-state index in [1.165, 1.54) is 4.31 Å². The van der Waals surface area contributed by atoms with Gasteiger partial charge >= 0.3 is 0 Å². The summed E-state index contributed by atoms with van der Waals surface area (Å²) >= 11 is 12.5. The van der Waals surface area contributed by atoms with Crippen molar-refractivity contribution in [3.05, 3.63) is 26.6 Å². The SMILES string of the molecule is Cc1cc(Br)c(S(=O)(=O)N2CCC(CCl)C2)cc1Br. The van der Waals surface area contributed by atoms with Crippen LogP contribution in [0.5, 0.6) is 0 Å². The molecule has 19 heavy (non-hydrogen) atoms. The fourth-order valence-electron chi connectivity index (χ4n) is 2.11. The molecule has 3 nitrogen and oxygen atoms in total. The predicted octanol–water partition coefficient (Wildman–Crippen LogP) is 3.77. The lowest BCUT2D eigenvalue weighted by molar-refractivity contribution is 0.465. The van der Waals surface area contributed by atoms with Crippen molar-refractivity contribution in [3.63, 3.8) is 0 Å². The van der Waals surface area contributed by atoms with E-state index in [1.54, 1.807) is 6.07 Å². The van der Waals surface area contributed by atoms with Gasteiger partial charge in [-0.1, -0.05) is 15.9 Å². The zero-order valence-electron chi connectivity index (χ0n) is 10.4. The molecule has 0 amide bonds. The molecule has 1 saturated heterocycles. The van der Waals surface area contributed by atoms with Gasteiger partial charge in [-0.2, -0.15) is 4.31 Å². The summed E-state index contributed by atoms with van der Waals surface area (Å²) in [5.74, 6) is 0.759. The molecular formula is C12H14Br2ClNO2S. The molecule has 1 aromatic rings. The number of hydrogen-bond acceptors (Lipinski definition) is 2. The average Bonchev–Trinajstić information content (AvgIpc) is 2.83. The molecule has 2 rings (SSSR count). The molecule has 0 saturated carbocycles. The van der Waals surface area contributed by atoms with Gasteiger partial charge in [0.25, 0.3) is 0 Å². The van der Waals surface area contributed by atoms with E-state index in [4.69, 9.17) is 11.6 Å². The van der Waals surface area contributed by atoms with Crippen molar-refractivity contribution in [2.24, 2.45) is 5.92 Å². The Morgan fingerprint density at radius 1 is 1.37 bits per heavy atom. The first kappa shape index (κ1) is 15.8. The van der Waals surface area contributed by atoms with Gasteiger partial charge in [-0.3, -0.25) is 0 Å². The van der Waals surface area contributed by atoms with E-state index in [-0.39, 0.29) is 5.92 Å². The maximum Gasteiger partial charge on any atom is 0.244 e. The monoisotopic (exact) mass is 429 g/mol. The molecule has 1 aliphatic heterocycles. The van der Waals surface area contributed by atoms with Gasteiger partial charge in [0.1, 0.15) is 0 Å². The average molecular weight is 432 g/mol. The van der Waals surface area contributed by atoms with Crippen molar-refractivity contribution >= 4 is 53.5 Å². The minimum absolute atomic E-state index is 0.254. The quantitative estimate of drug-likeness (QED) is 0.684. The predicted molar refractivity (Wildman–Crippen MR) is 84.2 cm³/mol. The van der Waals surface area contributed by atoms with E-state index in [1.807, 2.05) is 13.0 Å². The van der Waals surface area contributed by atoms with Crippen molar-refractivity contribution in [3.8, 4) is 0 Å². The zero-order valence-corrected chi connectivity index (χ0v) is 15.1. The molecule has 1 heterocycles. The van der Waals surface area contributed by atoms with Crippen molar-refractivity contribution in [2.45, 2.75) is 18.2 Å². The number of benzene rings is 1. The van der Waals surface area contributed by atoms with Gasteiger partial charge in [-0.25, -0.2) is 8.42 Å². The molecule has 0 aliphatic carbocycles. The summed E-state index contributed by atoms with van der Waals surface area (Å²) in [7, 11) is -3.45. The topological polar surface area (TPSA) is 37.4 Å². The van der Waals surface area contributed by atoms with Crippen molar-refractivity contribution < 1.29 is 8.42 Å². The third-order valence-electron chi connectivity index (χ3n) is 3.30. The normalized spacial score (nSPS) is 20.9. The van der Waals surface area contributed by atoms with Crippen LogP contribution in [0, 0.1) is 12.8 Å². The minimum atomic E-state index is -3.45. The van der Waals surface area contributed by atoms with Crippen molar-refractivity contribution in [2.75, 3.05) is 19.0 Å². The fourth-order valence-corrected chi connectivity index (χ4v) is 5.53. The molecule has 0 spiro atoms. The molecule has 1 aliphatic rings. The molecule has 0 bridgehead atoms. The molecule has 0 N–H and O–H groups in total. The summed E-state index contributed by atoms with van der Waals surface area (Å²) in [5.41, 5.74) is 0.992. The van der Waals surface area contributed by atoms with Crippen LogP contribution in [-0.2, 0) is 10.0 Å². The lowest BCUT2D eigenvalue weighted by Gasteiger charge is -2.18. The Labute approximate surface area is 135 Å². The molecule has 0 radical (unpaired) electrons. The van der Waals surface area contributed by atoms with Gasteiger partial charge in [0, 0.05) is 27.9 Å². The second-order valence-corrected chi connectivity index (χ2v) is 8.63. The van der Waals surface area contributed by atoms with E-state index >= 15 is 0 Å². The molecule has 1 fully saturated rings. The van der Waals surface area contributed by atoms with E-state index in [0.29, 0.717) is 28.3 Å². The fraction of sp³-hybridized carbons (Fsp3) is 0.500. The number of nitrogens with zero attached hydrogens (tertiary/aromatic N) is 1. The van der Waals surface area contributed by atoms with Gasteiger partial charge in [0.2, 0.25) is 10.0 Å². The van der Waals surface area contributed by atoms with E-state index in [9.17, 15) is 8.42 Å². The Morgan fingerprint density at radius 3 is 2.63 bits per heavy atom. The molecular weight excluding hydrogens is 417 g/mol. The van der Waals surface area contributed by atoms with Crippen LogP contribution in [0.25, 0.3) is 0 Å². The summed E-state index contributed by atoms with van der Waals surface area (Å²) < 4.78 is 28.1. The minimum Gasteiger partial charge on any atom is -0.207 e. The van der Waals surface area contributed by atoms with Gasteiger partial charge in [-0.15, -0.1) is 11.6 Å². The van der Waals surface area contributed by atoms with Crippen LogP contribution in [0.2, 0.25) is 0 Å². The second-order valence-electron chi connectivity index (χ2n) is 4.70. The summed E-state index contributed by atoms with van der Waals surface area (Å²) in [4.78, 5) is 0.306. The molecule has 1 atom stereocenters. The summed E-state index contributed by atoms with van der Waals surface area (Å²) in [6.07, 6.45) is 0.827. The Balaban J connectivity index is 2.38. The highest BCUT2D eigenvalue weighted by Gasteiger charge is 2.33. The van der Waals surface area contributed by atoms with Crippen LogP contribution in [0.4, 0.5) is 0 Å². The first-order valence-corrected chi connectivity index (χ1v) is 9.44. The van der Waals surface area contributed by atoms with Gasteiger partial charge in [0.15, 0.2) is 0 Å². The van der Waals surface area contributed by atoms with Gasteiger partial charge in [0.05, 0.1) is 4.90 Å². The number of aryl methyl sites for hydroxylation is 1. The van der Waals surface area contributed by atoms with E-state index < -0.39 is 10.0 Å². The van der Waals surface area contributed by atoms with E-state index in [0.717, 1.165) is 16.5 Å². The van der Waals surface area contributed by atoms with Crippen molar-refractivity contribution in [1.29, 1.82) is 0 Å². The Hall–Kier alpha value is 0.380. The first-order chi connectivity index (χ1) is 8.86. The molecule has 1 aromatic carbocycles. The van der Waals surface area contributed by atoms with Crippen LogP contribution in [0.1, 0.15) is 12.0 Å². The van der Waals surface area contributed by atoms with E-state index in [2.05, 4.69) is 31.9 Å². The summed E-state index contributed by atoms with van der Waals surface area (Å²) in [5, 5.41) is 0. The molecule has 0 aromatic heterocycles. The maximum atomic E-state index is 12.6. The van der Waals surface area contributed by atoms with Gasteiger partial charge in [-0.05, 0) is 52.9 Å². The molecule has 7 heteroatoms. The number of alkyl halides is 1. The van der Waals surface area contributed by atoms with Crippen LogP contribution in [0.3, 0.4) is 0 Å². The molecule has 106 valence electrons. The van der Waals surface area contributed by atoms with Crippen molar-refractivity contribution in [1.82, 2.24) is 4.31 Å². The zero-order chi connectivity index (χ0) is 14.2. The van der Waals surface area contributed by atoms with Crippen LogP contribution >= 0.6 is 43.5 Å². The lowest BCUT2D eigenvalue weighted by atomic mass is 10.2. The van der Waals surface area contributed by atoms with Gasteiger partial charge < -0.3 is 0 Å². The lowest BCUT2D eigenvalue weighted by Crippen LogP contribution is -2.29. The first-order valence-electron chi connectivity index (χ1n) is 5.88. The van der Waals surface area contributed by atoms with Crippen LogP contribution in [0.15, 0.2) is 26.0 Å². The maximum absolute atomic E-state index is 12.6. The standard InChI is InChI=1S/C12H14Br2ClNO2S/c1-8-4-11(14)12(5-10(8)13)19(17,18)16-3-2-9(6-15)7-16/h4-5,9H,2-3,6-7H2,1H3. The number of hydrogen-bond donors (Lipinski definition) is 0. The third kappa shape index (κ3) is 3.18. The number of rotatable bonds is 3. The highest BCUT2D eigenvalue weighted by atomic mass is 79.9. The summed E-state index contributed by atoms with van der Waals surface area (Å²) in [6.45, 7) is 2.96. The second kappa shape index (κ2) is 6.02.